The van der Waals surface area contributed by atoms with E-state index < -0.39 is 31.0 Å². The monoisotopic (exact) mass is 227 g/mol. The highest BCUT2D eigenvalue weighted by Gasteiger charge is 2.27. The molecule has 3 nitrogen and oxygen atoms in total. The topological polar surface area (TPSA) is 49.3 Å². The van der Waals surface area contributed by atoms with Crippen molar-refractivity contribution in [1.82, 2.24) is 5.32 Å². The van der Waals surface area contributed by atoms with E-state index in [1.165, 1.54) is 0 Å². The molecule has 0 heterocycles. The average molecular weight is 227 g/mol. The maximum absolute atomic E-state index is 11.7. The molecule has 6 heteroatoms. The largest absolute Gasteiger partial charge is 0.391 e. The first-order valence-corrected chi connectivity index (χ1v) is 4.74. The first-order valence-electron chi connectivity index (χ1n) is 4.74. The van der Waals surface area contributed by atoms with E-state index in [2.05, 4.69) is 5.32 Å². The number of aliphatic hydroxyl groups is 1. The van der Waals surface area contributed by atoms with Gasteiger partial charge in [0, 0.05) is 13.0 Å². The number of hydrogen-bond donors (Lipinski definition) is 2. The number of rotatable bonds is 5. The van der Waals surface area contributed by atoms with E-state index in [1.807, 2.05) is 0 Å². The van der Waals surface area contributed by atoms with Crippen LogP contribution in [0.1, 0.15) is 26.7 Å². The van der Waals surface area contributed by atoms with Gasteiger partial charge in [-0.1, -0.05) is 13.8 Å². The molecule has 90 valence electrons. The lowest BCUT2D eigenvalue weighted by atomic mass is 10.1. The fourth-order valence-corrected chi connectivity index (χ4v) is 0.798. The maximum Gasteiger partial charge on any atom is 0.389 e. The molecule has 0 aromatic heterocycles. The van der Waals surface area contributed by atoms with Gasteiger partial charge in [0.2, 0.25) is 5.91 Å². The van der Waals surface area contributed by atoms with E-state index in [4.69, 9.17) is 0 Å². The maximum atomic E-state index is 11.7. The van der Waals surface area contributed by atoms with Gasteiger partial charge < -0.3 is 10.4 Å². The van der Waals surface area contributed by atoms with Crippen LogP contribution in [0.4, 0.5) is 13.2 Å². The summed E-state index contributed by atoms with van der Waals surface area (Å²) in [4.78, 5) is 10.9. The summed E-state index contributed by atoms with van der Waals surface area (Å²) in [7, 11) is 0. The summed E-state index contributed by atoms with van der Waals surface area (Å²) in [6, 6.07) is 0. The predicted molar refractivity (Wildman–Crippen MR) is 49.1 cm³/mol. The minimum atomic E-state index is -4.31. The van der Waals surface area contributed by atoms with Crippen LogP contribution in [0.5, 0.6) is 0 Å². The summed E-state index contributed by atoms with van der Waals surface area (Å²) in [5, 5.41) is 11.5. The molecule has 0 bridgehead atoms. The van der Waals surface area contributed by atoms with Crippen molar-refractivity contribution in [2.75, 3.05) is 6.54 Å². The Hall–Kier alpha value is -0.780. The number of amides is 1. The van der Waals surface area contributed by atoms with Gasteiger partial charge in [0.05, 0.1) is 12.5 Å². The van der Waals surface area contributed by atoms with Gasteiger partial charge in [-0.15, -0.1) is 0 Å². The minimum Gasteiger partial charge on any atom is -0.391 e. The molecule has 0 saturated carbocycles. The SMILES string of the molecule is CC(C)[C@@H](O)CNC(=O)CCC(F)(F)F. The number of alkyl halides is 3. The van der Waals surface area contributed by atoms with Gasteiger partial charge in [-0.05, 0) is 5.92 Å². The van der Waals surface area contributed by atoms with Crippen molar-refractivity contribution in [3.63, 3.8) is 0 Å². The summed E-state index contributed by atoms with van der Waals surface area (Å²) in [6.07, 6.45) is -6.75. The highest BCUT2D eigenvalue weighted by Crippen LogP contribution is 2.20. The molecule has 0 unspecified atom stereocenters. The first kappa shape index (κ1) is 14.2. The molecular weight excluding hydrogens is 211 g/mol. The number of carbonyl (C=O) groups excluding carboxylic acids is 1. The third-order valence-electron chi connectivity index (χ3n) is 1.91. The summed E-state index contributed by atoms with van der Waals surface area (Å²) >= 11 is 0. The highest BCUT2D eigenvalue weighted by atomic mass is 19.4. The van der Waals surface area contributed by atoms with Crippen LogP contribution in [-0.4, -0.2) is 29.8 Å². The standard InChI is InChI=1S/C9H16F3NO2/c1-6(2)7(14)5-13-8(15)3-4-9(10,11)12/h6-7,14H,3-5H2,1-2H3,(H,13,15)/t7-/m0/s1. The smallest absolute Gasteiger partial charge is 0.389 e. The van der Waals surface area contributed by atoms with Gasteiger partial charge in [0.15, 0.2) is 0 Å². The Morgan fingerprint density at radius 2 is 1.93 bits per heavy atom. The number of aliphatic hydroxyl groups excluding tert-OH is 1. The minimum absolute atomic E-state index is 0.00560. The zero-order valence-corrected chi connectivity index (χ0v) is 8.77. The second kappa shape index (κ2) is 5.95. The normalized spacial score (nSPS) is 14.1. The molecule has 2 N–H and O–H groups in total. The van der Waals surface area contributed by atoms with Crippen LogP contribution in [0.2, 0.25) is 0 Å². The fraction of sp³-hybridized carbons (Fsp3) is 0.889. The second-order valence-electron chi connectivity index (χ2n) is 3.73. The molecule has 1 amide bonds. The van der Waals surface area contributed by atoms with Crippen molar-refractivity contribution in [2.45, 2.75) is 39.0 Å². The van der Waals surface area contributed by atoms with Crippen LogP contribution in [0.3, 0.4) is 0 Å². The summed E-state index contributed by atoms with van der Waals surface area (Å²) in [5.41, 5.74) is 0. The lowest BCUT2D eigenvalue weighted by Crippen LogP contribution is -2.35. The van der Waals surface area contributed by atoms with Gasteiger partial charge in [-0.2, -0.15) is 13.2 Å². The van der Waals surface area contributed by atoms with Crippen LogP contribution in [0, 0.1) is 5.92 Å². The van der Waals surface area contributed by atoms with Crippen molar-refractivity contribution in [3.8, 4) is 0 Å². The molecule has 15 heavy (non-hydrogen) atoms. The van der Waals surface area contributed by atoms with Gasteiger partial charge in [0.25, 0.3) is 0 Å². The van der Waals surface area contributed by atoms with Gasteiger partial charge in [-0.3, -0.25) is 4.79 Å². The number of carbonyl (C=O) groups is 1. The van der Waals surface area contributed by atoms with E-state index in [9.17, 15) is 23.1 Å². The molecule has 0 fully saturated rings. The van der Waals surface area contributed by atoms with Crippen LogP contribution in [-0.2, 0) is 4.79 Å². The Kier molecular flexibility index (Phi) is 5.64. The summed E-state index contributed by atoms with van der Waals surface area (Å²) in [5.74, 6) is -0.722. The Morgan fingerprint density at radius 1 is 1.40 bits per heavy atom. The number of halogens is 3. The Labute approximate surface area is 86.7 Å². The summed E-state index contributed by atoms with van der Waals surface area (Å²) in [6.45, 7) is 3.51. The Balaban J connectivity index is 3.67. The Morgan fingerprint density at radius 3 is 2.33 bits per heavy atom. The van der Waals surface area contributed by atoms with E-state index >= 15 is 0 Å². The lowest BCUT2D eigenvalue weighted by molar-refractivity contribution is -0.144. The molecule has 0 aromatic carbocycles. The molecule has 0 saturated heterocycles. The lowest BCUT2D eigenvalue weighted by Gasteiger charge is -2.15. The molecule has 0 spiro atoms. The van der Waals surface area contributed by atoms with Crippen LogP contribution < -0.4 is 5.32 Å². The van der Waals surface area contributed by atoms with Crippen molar-refractivity contribution in [3.05, 3.63) is 0 Å². The van der Waals surface area contributed by atoms with Crippen molar-refractivity contribution < 1.29 is 23.1 Å². The molecule has 0 aliphatic carbocycles. The van der Waals surface area contributed by atoms with Crippen LogP contribution in [0.15, 0.2) is 0 Å². The van der Waals surface area contributed by atoms with Crippen LogP contribution in [0.25, 0.3) is 0 Å². The van der Waals surface area contributed by atoms with E-state index in [-0.39, 0.29) is 12.5 Å². The van der Waals surface area contributed by atoms with E-state index in [0.29, 0.717) is 0 Å². The van der Waals surface area contributed by atoms with Crippen molar-refractivity contribution >= 4 is 5.91 Å². The van der Waals surface area contributed by atoms with E-state index in [0.717, 1.165) is 0 Å². The van der Waals surface area contributed by atoms with E-state index in [1.54, 1.807) is 13.8 Å². The molecule has 0 aromatic rings. The first-order chi connectivity index (χ1) is 6.72. The number of hydrogen-bond acceptors (Lipinski definition) is 2. The van der Waals surface area contributed by atoms with Gasteiger partial charge in [-0.25, -0.2) is 0 Å². The average Bonchev–Trinajstić information content (AvgIpc) is 2.09. The van der Waals surface area contributed by atoms with Crippen molar-refractivity contribution in [2.24, 2.45) is 5.92 Å². The fourth-order valence-electron chi connectivity index (χ4n) is 0.798. The molecule has 0 radical (unpaired) electrons. The quantitative estimate of drug-likeness (QED) is 0.747. The summed E-state index contributed by atoms with van der Waals surface area (Å²) < 4.78 is 35.1. The molecule has 0 aliphatic rings. The Bertz CT molecular complexity index is 204. The predicted octanol–water partition coefficient (Wildman–Crippen LogP) is 1.46. The second-order valence-corrected chi connectivity index (χ2v) is 3.73. The van der Waals surface area contributed by atoms with Gasteiger partial charge in [0.1, 0.15) is 0 Å². The molecule has 0 rings (SSSR count). The molecule has 0 aliphatic heterocycles. The molecule has 1 atom stereocenters. The number of nitrogens with one attached hydrogen (secondary N) is 1. The third-order valence-corrected chi connectivity index (χ3v) is 1.91. The third kappa shape index (κ3) is 8.23. The van der Waals surface area contributed by atoms with Crippen LogP contribution >= 0.6 is 0 Å². The molecular formula is C9H16F3NO2. The zero-order valence-electron chi connectivity index (χ0n) is 8.77. The zero-order chi connectivity index (χ0) is 12.1. The van der Waals surface area contributed by atoms with Crippen molar-refractivity contribution in [1.29, 1.82) is 0 Å². The highest BCUT2D eigenvalue weighted by molar-refractivity contribution is 5.75. The van der Waals surface area contributed by atoms with Gasteiger partial charge >= 0.3 is 6.18 Å².